The first-order chi connectivity index (χ1) is 11.8. The molecule has 1 aliphatic rings. The van der Waals surface area contributed by atoms with E-state index in [1.807, 2.05) is 0 Å². The Labute approximate surface area is 150 Å². The fourth-order valence-electron chi connectivity index (χ4n) is 2.35. The van der Waals surface area contributed by atoms with Crippen LogP contribution in [0, 0.1) is 5.92 Å². The molecule has 0 saturated heterocycles. The maximum absolute atomic E-state index is 11.2. The Morgan fingerprint density at radius 2 is 1.88 bits per heavy atom. The van der Waals surface area contributed by atoms with E-state index in [4.69, 9.17) is 18.9 Å². The van der Waals surface area contributed by atoms with Gasteiger partial charge in [-0.15, -0.1) is 0 Å². The maximum atomic E-state index is 11.2. The minimum atomic E-state index is -0.591. The van der Waals surface area contributed by atoms with Crippen LogP contribution in [-0.2, 0) is 28.5 Å². The number of rotatable bonds is 9. The molecule has 4 atom stereocenters. The highest BCUT2D eigenvalue weighted by Gasteiger charge is 2.31. The van der Waals surface area contributed by atoms with Crippen molar-refractivity contribution in [1.82, 2.24) is 0 Å². The first-order valence-corrected chi connectivity index (χ1v) is 8.67. The predicted octanol–water partition coefficient (Wildman–Crippen LogP) is 3.16. The molecule has 0 fully saturated rings. The van der Waals surface area contributed by atoms with Crippen molar-refractivity contribution in [1.29, 1.82) is 0 Å². The molecule has 1 aliphatic heterocycles. The largest absolute Gasteiger partial charge is 0.463 e. The van der Waals surface area contributed by atoms with Crippen LogP contribution in [-0.4, -0.2) is 43.7 Å². The summed E-state index contributed by atoms with van der Waals surface area (Å²) < 4.78 is 21.7. The van der Waals surface area contributed by atoms with E-state index in [2.05, 4.69) is 26.8 Å². The zero-order chi connectivity index (χ0) is 18.8. The molecule has 0 N–H and O–H groups in total. The van der Waals surface area contributed by atoms with Gasteiger partial charge in [0.05, 0.1) is 6.61 Å². The average Bonchev–Trinajstić information content (AvgIpc) is 2.51. The Hall–Kier alpha value is -1.66. The second kappa shape index (κ2) is 11.1. The van der Waals surface area contributed by atoms with Gasteiger partial charge in [0.15, 0.2) is 6.29 Å². The molecule has 0 aromatic rings. The van der Waals surface area contributed by atoms with E-state index in [1.165, 1.54) is 19.4 Å². The number of hydrogen-bond acceptors (Lipinski definition) is 6. The van der Waals surface area contributed by atoms with Crippen molar-refractivity contribution >= 4 is 11.9 Å². The van der Waals surface area contributed by atoms with Crippen LogP contribution >= 0.6 is 0 Å². The molecular formula is C19H30O6. The average molecular weight is 354 g/mol. The molecule has 25 heavy (non-hydrogen) atoms. The fraction of sp³-hybridized carbons (Fsp3) is 0.684. The van der Waals surface area contributed by atoms with Gasteiger partial charge in [0.2, 0.25) is 0 Å². The molecule has 6 heteroatoms. The molecule has 0 radical (unpaired) electrons. The smallest absolute Gasteiger partial charge is 0.303 e. The molecule has 142 valence electrons. The molecule has 0 spiro atoms. The third kappa shape index (κ3) is 9.41. The summed E-state index contributed by atoms with van der Waals surface area (Å²) in [5, 5.41) is 0. The maximum Gasteiger partial charge on any atom is 0.303 e. The van der Waals surface area contributed by atoms with Gasteiger partial charge in [0, 0.05) is 13.8 Å². The van der Waals surface area contributed by atoms with Crippen LogP contribution in [0.15, 0.2) is 23.8 Å². The number of carbonyl (C=O) groups excluding carboxylic acids is 2. The molecule has 0 bridgehead atoms. The van der Waals surface area contributed by atoms with Crippen LogP contribution < -0.4 is 0 Å². The number of ether oxygens (including phenoxy) is 4. The molecule has 0 saturated carbocycles. The van der Waals surface area contributed by atoms with E-state index in [0.29, 0.717) is 12.5 Å². The van der Waals surface area contributed by atoms with Gasteiger partial charge in [0.25, 0.3) is 0 Å². The Bertz CT molecular complexity index is 492. The highest BCUT2D eigenvalue weighted by molar-refractivity contribution is 5.66. The predicted molar refractivity (Wildman–Crippen MR) is 93.8 cm³/mol. The van der Waals surface area contributed by atoms with Crippen molar-refractivity contribution in [2.45, 2.75) is 66.0 Å². The quantitative estimate of drug-likeness (QED) is 0.468. The molecule has 0 aromatic carbocycles. The Balaban J connectivity index is 2.50. The summed E-state index contributed by atoms with van der Waals surface area (Å²) in [5.41, 5.74) is 1.32. The zero-order valence-electron chi connectivity index (χ0n) is 15.8. The SMILES string of the molecule is CC(=O)OC[C@H]1O[C@H](OC[C@@H](C)CCC=C(C)C)C=C[C@@H]1OC(C)=O. The zero-order valence-corrected chi connectivity index (χ0v) is 15.8. The molecule has 0 unspecified atom stereocenters. The molecule has 0 aromatic heterocycles. The van der Waals surface area contributed by atoms with Crippen LogP contribution in [0.4, 0.5) is 0 Å². The summed E-state index contributed by atoms with van der Waals surface area (Å²) in [6, 6.07) is 0. The van der Waals surface area contributed by atoms with E-state index in [-0.39, 0.29) is 6.61 Å². The van der Waals surface area contributed by atoms with E-state index in [9.17, 15) is 9.59 Å². The molecule has 6 nitrogen and oxygen atoms in total. The normalized spacial score (nSPS) is 23.6. The lowest BCUT2D eigenvalue weighted by atomic mass is 10.1. The van der Waals surface area contributed by atoms with E-state index in [0.717, 1.165) is 12.8 Å². The molecule has 1 heterocycles. The summed E-state index contributed by atoms with van der Waals surface area (Å²) in [5.74, 6) is -0.436. The van der Waals surface area contributed by atoms with E-state index >= 15 is 0 Å². The molecule has 0 aliphatic carbocycles. The minimum absolute atomic E-state index is 0.00754. The number of esters is 2. The summed E-state index contributed by atoms with van der Waals surface area (Å²) in [6.45, 7) is 9.52. The monoisotopic (exact) mass is 354 g/mol. The highest BCUT2D eigenvalue weighted by Crippen LogP contribution is 2.19. The first-order valence-electron chi connectivity index (χ1n) is 8.67. The Morgan fingerprint density at radius 1 is 1.16 bits per heavy atom. The Kier molecular flexibility index (Phi) is 9.45. The third-order valence-electron chi connectivity index (χ3n) is 3.64. The van der Waals surface area contributed by atoms with E-state index in [1.54, 1.807) is 12.2 Å². The van der Waals surface area contributed by atoms with Gasteiger partial charge >= 0.3 is 11.9 Å². The van der Waals surface area contributed by atoms with Crippen LogP contribution in [0.3, 0.4) is 0 Å². The number of carbonyl (C=O) groups is 2. The molecular weight excluding hydrogens is 324 g/mol. The van der Waals surface area contributed by atoms with Gasteiger partial charge in [-0.3, -0.25) is 9.59 Å². The van der Waals surface area contributed by atoms with Gasteiger partial charge in [0.1, 0.15) is 18.8 Å². The van der Waals surface area contributed by atoms with Crippen molar-refractivity contribution in [3.63, 3.8) is 0 Å². The van der Waals surface area contributed by atoms with Gasteiger partial charge in [-0.25, -0.2) is 0 Å². The summed E-state index contributed by atoms with van der Waals surface area (Å²) in [4.78, 5) is 22.2. The lowest BCUT2D eigenvalue weighted by Crippen LogP contribution is -2.42. The summed E-state index contributed by atoms with van der Waals surface area (Å²) >= 11 is 0. The van der Waals surface area contributed by atoms with Crippen molar-refractivity contribution in [2.75, 3.05) is 13.2 Å². The molecule has 1 rings (SSSR count). The summed E-state index contributed by atoms with van der Waals surface area (Å²) in [7, 11) is 0. The van der Waals surface area contributed by atoms with Gasteiger partial charge in [-0.1, -0.05) is 18.6 Å². The topological polar surface area (TPSA) is 71.1 Å². The number of allylic oxidation sites excluding steroid dienone is 2. The standard InChI is InChI=1S/C19H30O6/c1-13(2)7-6-8-14(3)11-23-19-10-9-17(24-16(5)21)18(25-19)12-22-15(4)20/h7,9-10,14,17-19H,6,8,11-12H2,1-5H3/t14-,17-,18+,19-/m0/s1. The number of hydrogen-bond donors (Lipinski definition) is 0. The van der Waals surface area contributed by atoms with Crippen LogP contribution in [0.5, 0.6) is 0 Å². The Morgan fingerprint density at radius 3 is 2.48 bits per heavy atom. The van der Waals surface area contributed by atoms with E-state index < -0.39 is 30.4 Å². The van der Waals surface area contributed by atoms with Gasteiger partial charge < -0.3 is 18.9 Å². The lowest BCUT2D eigenvalue weighted by Gasteiger charge is -2.31. The second-order valence-corrected chi connectivity index (χ2v) is 6.60. The lowest BCUT2D eigenvalue weighted by molar-refractivity contribution is -0.199. The highest BCUT2D eigenvalue weighted by atomic mass is 16.7. The van der Waals surface area contributed by atoms with Crippen molar-refractivity contribution in [3.05, 3.63) is 23.8 Å². The van der Waals surface area contributed by atoms with Crippen molar-refractivity contribution in [3.8, 4) is 0 Å². The second-order valence-electron chi connectivity index (χ2n) is 6.60. The van der Waals surface area contributed by atoms with Crippen LogP contribution in [0.2, 0.25) is 0 Å². The minimum Gasteiger partial charge on any atom is -0.463 e. The van der Waals surface area contributed by atoms with Crippen LogP contribution in [0.1, 0.15) is 47.5 Å². The first kappa shape index (κ1) is 21.4. The molecule has 0 amide bonds. The van der Waals surface area contributed by atoms with Gasteiger partial charge in [-0.05, 0) is 44.8 Å². The fourth-order valence-corrected chi connectivity index (χ4v) is 2.35. The van der Waals surface area contributed by atoms with Gasteiger partial charge in [-0.2, -0.15) is 0 Å². The van der Waals surface area contributed by atoms with Crippen molar-refractivity contribution in [2.24, 2.45) is 5.92 Å². The van der Waals surface area contributed by atoms with Crippen LogP contribution in [0.25, 0.3) is 0 Å². The third-order valence-corrected chi connectivity index (χ3v) is 3.64. The summed E-state index contributed by atoms with van der Waals surface area (Å²) in [6.07, 6.45) is 6.01. The van der Waals surface area contributed by atoms with Crippen molar-refractivity contribution < 1.29 is 28.5 Å².